The van der Waals surface area contributed by atoms with Gasteiger partial charge in [-0.15, -0.1) is 0 Å². The lowest BCUT2D eigenvalue weighted by atomic mass is 10.1. The molecule has 0 spiro atoms. The van der Waals surface area contributed by atoms with E-state index in [4.69, 9.17) is 10.00 Å². The quantitative estimate of drug-likeness (QED) is 0.612. The second-order valence-electron chi connectivity index (χ2n) is 7.79. The van der Waals surface area contributed by atoms with Crippen molar-refractivity contribution in [3.05, 3.63) is 45.5 Å². The number of piperazine rings is 1. The summed E-state index contributed by atoms with van der Waals surface area (Å²) in [5, 5.41) is 27.9. The Labute approximate surface area is 178 Å². The van der Waals surface area contributed by atoms with Gasteiger partial charge in [0.25, 0.3) is 0 Å². The van der Waals surface area contributed by atoms with Gasteiger partial charge in [0, 0.05) is 31.7 Å². The maximum atomic E-state index is 12.7. The summed E-state index contributed by atoms with van der Waals surface area (Å²) in [6.45, 7) is 2.25. The molecule has 3 heterocycles. The number of H-pyrrole nitrogens is 2. The molecule has 10 heteroatoms. The number of carbonyl (C=O) groups excluding carboxylic acids is 1. The van der Waals surface area contributed by atoms with Crippen LogP contribution >= 0.6 is 0 Å². The number of aromatic amines is 2. The van der Waals surface area contributed by atoms with Crippen molar-refractivity contribution in [1.29, 1.82) is 10.5 Å². The molecule has 1 aromatic heterocycles. The molecule has 2 saturated heterocycles. The van der Waals surface area contributed by atoms with Gasteiger partial charge in [0.05, 0.1) is 29.3 Å². The number of hydrogen-bond acceptors (Lipinski definition) is 7. The van der Waals surface area contributed by atoms with E-state index in [1.165, 1.54) is 6.07 Å². The van der Waals surface area contributed by atoms with Crippen LogP contribution in [0.25, 0.3) is 0 Å². The molecular formula is C21H22N6O4. The number of nitrogens with one attached hydrogen (secondary N) is 2. The lowest BCUT2D eigenvalue weighted by Crippen LogP contribution is -2.56. The van der Waals surface area contributed by atoms with Gasteiger partial charge in [0.2, 0.25) is 11.8 Å². The van der Waals surface area contributed by atoms with Crippen LogP contribution in [0.2, 0.25) is 0 Å². The van der Waals surface area contributed by atoms with Gasteiger partial charge in [0.1, 0.15) is 18.4 Å². The van der Waals surface area contributed by atoms with Gasteiger partial charge in [-0.25, -0.2) is 4.79 Å². The molecule has 1 amide bonds. The van der Waals surface area contributed by atoms with Crippen molar-refractivity contribution in [2.24, 2.45) is 0 Å². The molecule has 2 aliphatic rings. The highest BCUT2D eigenvalue weighted by molar-refractivity contribution is 5.79. The molecule has 10 nitrogen and oxygen atoms in total. The number of imidazole rings is 1. The molecule has 2 aliphatic heterocycles. The van der Waals surface area contributed by atoms with Crippen LogP contribution in [0, 0.1) is 22.7 Å². The number of nitriles is 2. The van der Waals surface area contributed by atoms with E-state index in [0.29, 0.717) is 43.1 Å². The summed E-state index contributed by atoms with van der Waals surface area (Å²) in [6.07, 6.45) is 1.92. The smallest absolute Gasteiger partial charge is 0.325 e. The summed E-state index contributed by atoms with van der Waals surface area (Å²) in [7, 11) is 0. The number of aromatic hydroxyl groups is 1. The van der Waals surface area contributed by atoms with Crippen molar-refractivity contribution in [2.75, 3.05) is 26.2 Å². The Bertz CT molecular complexity index is 1110. The maximum absolute atomic E-state index is 12.7. The highest BCUT2D eigenvalue weighted by atomic mass is 16.5. The molecule has 2 fully saturated rings. The van der Waals surface area contributed by atoms with E-state index in [1.54, 1.807) is 17.0 Å². The zero-order valence-corrected chi connectivity index (χ0v) is 16.8. The highest BCUT2D eigenvalue weighted by Crippen LogP contribution is 2.30. The number of nitrogens with zero attached hydrogens (tertiary/aromatic N) is 4. The Balaban J connectivity index is 1.32. The SMILES string of the molecule is N#Cc1ccc(OCCN2C3CCC2CN(C(=O)Cc2[nH]c(=O)[nH]c2O)C3)c(C#N)c1. The van der Waals surface area contributed by atoms with Crippen LogP contribution in [0.3, 0.4) is 0 Å². The van der Waals surface area contributed by atoms with Gasteiger partial charge in [-0.1, -0.05) is 0 Å². The molecule has 1 aromatic carbocycles. The first-order chi connectivity index (χ1) is 15.0. The summed E-state index contributed by atoms with van der Waals surface area (Å²) >= 11 is 0. The zero-order chi connectivity index (χ0) is 22.0. The van der Waals surface area contributed by atoms with Crippen molar-refractivity contribution in [1.82, 2.24) is 19.8 Å². The summed E-state index contributed by atoms with van der Waals surface area (Å²) < 4.78 is 5.80. The number of likely N-dealkylation sites (tertiary alicyclic amines) is 1. The lowest BCUT2D eigenvalue weighted by molar-refractivity contribution is -0.134. The van der Waals surface area contributed by atoms with Crippen LogP contribution in [0.1, 0.15) is 29.7 Å². The molecule has 0 radical (unpaired) electrons. The Kier molecular flexibility index (Phi) is 5.65. The second kappa shape index (κ2) is 8.54. The predicted octanol–water partition coefficient (Wildman–Crippen LogP) is 0.449. The Morgan fingerprint density at radius 1 is 1.19 bits per heavy atom. The minimum absolute atomic E-state index is 0.0528. The summed E-state index contributed by atoms with van der Waals surface area (Å²) in [4.78, 5) is 32.7. The van der Waals surface area contributed by atoms with Crippen molar-refractivity contribution >= 4 is 5.91 Å². The standard InChI is InChI=1S/C21H22N6O4/c22-9-13-1-4-18(14(7-13)10-23)31-6-5-27-15-2-3-16(27)12-26(11-15)19(28)8-17-20(29)25-21(30)24-17/h1,4,7,15-16,29H,2-3,5-6,8,11-12H2,(H2,24,25,30). The third-order valence-electron chi connectivity index (χ3n) is 5.93. The Morgan fingerprint density at radius 2 is 1.94 bits per heavy atom. The van der Waals surface area contributed by atoms with Crippen LogP contribution < -0.4 is 10.4 Å². The van der Waals surface area contributed by atoms with Crippen LogP contribution in [0.15, 0.2) is 23.0 Å². The van der Waals surface area contributed by atoms with E-state index >= 15 is 0 Å². The zero-order valence-electron chi connectivity index (χ0n) is 16.8. The van der Waals surface area contributed by atoms with E-state index in [0.717, 1.165) is 12.8 Å². The largest absolute Gasteiger partial charge is 0.493 e. The minimum Gasteiger partial charge on any atom is -0.493 e. The summed E-state index contributed by atoms with van der Waals surface area (Å²) in [5.74, 6) is 0.0363. The molecule has 160 valence electrons. The van der Waals surface area contributed by atoms with E-state index in [9.17, 15) is 20.0 Å². The second-order valence-corrected chi connectivity index (χ2v) is 7.79. The number of aromatic nitrogens is 2. The first-order valence-electron chi connectivity index (χ1n) is 10.1. The topological polar surface area (TPSA) is 149 Å². The molecule has 4 rings (SSSR count). The molecule has 2 aromatic rings. The van der Waals surface area contributed by atoms with Crippen LogP contribution in [0.5, 0.6) is 11.6 Å². The van der Waals surface area contributed by atoms with Gasteiger partial charge in [-0.2, -0.15) is 10.5 Å². The Morgan fingerprint density at radius 3 is 2.55 bits per heavy atom. The van der Waals surface area contributed by atoms with E-state index < -0.39 is 5.69 Å². The highest BCUT2D eigenvalue weighted by Gasteiger charge is 2.41. The van der Waals surface area contributed by atoms with Gasteiger partial charge >= 0.3 is 5.69 Å². The van der Waals surface area contributed by atoms with Gasteiger partial charge in [0.15, 0.2) is 0 Å². The van der Waals surface area contributed by atoms with Crippen molar-refractivity contribution in [2.45, 2.75) is 31.3 Å². The van der Waals surface area contributed by atoms with Crippen LogP contribution in [0.4, 0.5) is 0 Å². The minimum atomic E-state index is -0.535. The van der Waals surface area contributed by atoms with Crippen LogP contribution in [-0.2, 0) is 11.2 Å². The van der Waals surface area contributed by atoms with Crippen molar-refractivity contribution in [3.8, 4) is 23.8 Å². The van der Waals surface area contributed by atoms with Crippen LogP contribution in [-0.4, -0.2) is 69.1 Å². The lowest BCUT2D eigenvalue weighted by Gasteiger charge is -2.41. The number of rotatable bonds is 6. The van der Waals surface area contributed by atoms with E-state index in [-0.39, 0.29) is 36.0 Å². The normalized spacial score (nSPS) is 20.3. The fourth-order valence-electron chi connectivity index (χ4n) is 4.43. The number of carbonyl (C=O) groups is 1. The monoisotopic (exact) mass is 422 g/mol. The number of ether oxygens (including phenoxy) is 1. The maximum Gasteiger partial charge on any atom is 0.325 e. The number of amides is 1. The summed E-state index contributed by atoms with van der Waals surface area (Å²) in [6, 6.07) is 9.29. The number of benzene rings is 1. The third-order valence-corrected chi connectivity index (χ3v) is 5.93. The number of hydrogen-bond donors (Lipinski definition) is 3. The first-order valence-corrected chi connectivity index (χ1v) is 10.1. The molecular weight excluding hydrogens is 400 g/mol. The molecule has 0 saturated carbocycles. The van der Waals surface area contributed by atoms with Gasteiger partial charge in [-0.05, 0) is 31.0 Å². The van der Waals surface area contributed by atoms with E-state index in [1.807, 2.05) is 6.07 Å². The molecule has 3 N–H and O–H groups in total. The fraction of sp³-hybridized carbons (Fsp3) is 0.429. The first kappa shape index (κ1) is 20.5. The third kappa shape index (κ3) is 4.25. The molecule has 0 aliphatic carbocycles. The average molecular weight is 422 g/mol. The fourth-order valence-corrected chi connectivity index (χ4v) is 4.43. The van der Waals surface area contributed by atoms with Gasteiger partial charge < -0.3 is 19.7 Å². The molecule has 2 bridgehead atoms. The molecule has 2 unspecified atom stereocenters. The Hall–Kier alpha value is -3.76. The van der Waals surface area contributed by atoms with Gasteiger partial charge in [-0.3, -0.25) is 14.7 Å². The predicted molar refractivity (Wildman–Crippen MR) is 108 cm³/mol. The van der Waals surface area contributed by atoms with Crippen molar-refractivity contribution < 1.29 is 14.6 Å². The van der Waals surface area contributed by atoms with Crippen molar-refractivity contribution in [3.63, 3.8) is 0 Å². The van der Waals surface area contributed by atoms with E-state index in [2.05, 4.69) is 20.9 Å². The molecule has 31 heavy (non-hydrogen) atoms. The molecule has 2 atom stereocenters. The summed E-state index contributed by atoms with van der Waals surface area (Å²) in [5.41, 5.74) is 0.421. The average Bonchev–Trinajstić information content (AvgIpc) is 3.19. The number of fused-ring (bicyclic) bond motifs is 2.